The number of hydrogen-bond acceptors (Lipinski definition) is 6. The van der Waals surface area contributed by atoms with Crippen LogP contribution < -0.4 is 4.90 Å². The Morgan fingerprint density at radius 3 is 2.28 bits per heavy atom. The highest BCUT2D eigenvalue weighted by atomic mass is 32.2. The first-order chi connectivity index (χ1) is 18.1. The van der Waals surface area contributed by atoms with Gasteiger partial charge < -0.3 is 14.5 Å². The van der Waals surface area contributed by atoms with Gasteiger partial charge in [0, 0.05) is 49.3 Å². The van der Waals surface area contributed by atoms with E-state index in [2.05, 4.69) is 0 Å². The fraction of sp³-hybridized carbons (Fsp3) is 0.577. The molecule has 1 aromatic carbocycles. The van der Waals surface area contributed by atoms with E-state index in [1.807, 2.05) is 20.8 Å². The Labute approximate surface area is 230 Å². The number of carbonyl (C=O) groups excluding carboxylic acids is 1. The van der Waals surface area contributed by atoms with Crippen LogP contribution in [0, 0.1) is 5.82 Å². The van der Waals surface area contributed by atoms with Crippen molar-refractivity contribution in [3.8, 4) is 0 Å². The molecule has 0 unspecified atom stereocenters. The summed E-state index contributed by atoms with van der Waals surface area (Å²) in [6, 6.07) is 5.32. The molecule has 13 heteroatoms. The van der Waals surface area contributed by atoms with Crippen LogP contribution in [0.25, 0.3) is 0 Å². The van der Waals surface area contributed by atoms with E-state index in [1.54, 1.807) is 24.0 Å². The number of halogens is 4. The molecule has 0 N–H and O–H groups in total. The van der Waals surface area contributed by atoms with E-state index in [0.717, 1.165) is 17.0 Å². The number of thiophene rings is 1. The van der Waals surface area contributed by atoms with Crippen LogP contribution in [-0.4, -0.2) is 68.1 Å². The first-order valence-electron chi connectivity index (χ1n) is 12.8. The molecule has 4 rings (SSSR count). The van der Waals surface area contributed by atoms with Crippen molar-refractivity contribution in [2.24, 2.45) is 0 Å². The molecule has 1 amide bonds. The summed E-state index contributed by atoms with van der Waals surface area (Å²) >= 11 is 1.20. The number of piperidine rings is 1. The molecule has 0 spiro atoms. The number of carbonyl (C=O) groups is 1. The summed E-state index contributed by atoms with van der Waals surface area (Å²) in [5.41, 5.74) is -1.82. The summed E-state index contributed by atoms with van der Waals surface area (Å²) < 4.78 is 88.1. The smallest absolute Gasteiger partial charge is 0.418 e. The second-order valence-electron chi connectivity index (χ2n) is 11.0. The van der Waals surface area contributed by atoms with Crippen LogP contribution in [-0.2, 0) is 20.9 Å². The lowest BCUT2D eigenvalue weighted by molar-refractivity contribution is -0.137. The predicted molar refractivity (Wildman–Crippen MR) is 141 cm³/mol. The van der Waals surface area contributed by atoms with Gasteiger partial charge in [0.05, 0.1) is 5.56 Å². The van der Waals surface area contributed by atoms with Crippen molar-refractivity contribution >= 4 is 33.1 Å². The summed E-state index contributed by atoms with van der Waals surface area (Å²) in [7, 11) is -3.87. The van der Waals surface area contributed by atoms with Crippen LogP contribution in [0.5, 0.6) is 0 Å². The molecule has 2 aromatic rings. The van der Waals surface area contributed by atoms with E-state index in [4.69, 9.17) is 4.74 Å². The summed E-state index contributed by atoms with van der Waals surface area (Å²) in [5, 5.41) is 0. The summed E-state index contributed by atoms with van der Waals surface area (Å²) in [5.74, 6) is -0.865. The molecule has 2 aliphatic heterocycles. The standard InChI is InChI=1S/C26H33F4N3O4S2/c1-17-16-32(21-6-5-19(27)15-20(21)26(28,29)30)13-14-33(17)39(35,36)23-8-7-22(38-23)18-9-11-31(12-10-18)24(34)37-25(2,3)4/h5-8,15,17-18H,9-14,16H2,1-4H3/t17-/m1/s1. The third-order valence-corrected chi connectivity index (χ3v) is 10.6. The third kappa shape index (κ3) is 6.68. The number of amides is 1. The van der Waals surface area contributed by atoms with Crippen molar-refractivity contribution in [3.05, 3.63) is 46.6 Å². The molecular weight excluding hydrogens is 558 g/mol. The summed E-state index contributed by atoms with van der Waals surface area (Å²) in [6.07, 6.45) is -3.71. The maximum Gasteiger partial charge on any atom is 0.418 e. The molecule has 2 fully saturated rings. The third-order valence-electron chi connectivity index (χ3n) is 6.89. The zero-order chi connectivity index (χ0) is 28.8. The van der Waals surface area contributed by atoms with E-state index in [1.165, 1.54) is 20.5 Å². The second kappa shape index (κ2) is 10.9. The largest absolute Gasteiger partial charge is 0.444 e. The quantitative estimate of drug-likeness (QED) is 0.413. The highest BCUT2D eigenvalue weighted by molar-refractivity contribution is 7.91. The molecule has 2 aliphatic rings. The van der Waals surface area contributed by atoms with Gasteiger partial charge in [-0.05, 0) is 76.8 Å². The number of sulfonamides is 1. The van der Waals surface area contributed by atoms with Crippen molar-refractivity contribution in [1.82, 2.24) is 9.21 Å². The first-order valence-corrected chi connectivity index (χ1v) is 15.0. The Bertz CT molecular complexity index is 1300. The SMILES string of the molecule is C[C@@H]1CN(c2ccc(F)cc2C(F)(F)F)CCN1S(=O)(=O)c1ccc(C2CCN(C(=O)OC(C)(C)C)CC2)s1. The minimum Gasteiger partial charge on any atom is -0.444 e. The van der Waals surface area contributed by atoms with E-state index in [9.17, 15) is 30.8 Å². The van der Waals surface area contributed by atoms with Crippen LogP contribution in [0.2, 0.25) is 0 Å². The molecule has 2 saturated heterocycles. The van der Waals surface area contributed by atoms with Gasteiger partial charge in [0.25, 0.3) is 10.0 Å². The maximum atomic E-state index is 13.5. The van der Waals surface area contributed by atoms with Crippen molar-refractivity contribution in [2.45, 2.75) is 68.5 Å². The number of likely N-dealkylation sites (tertiary alicyclic amines) is 1. The molecule has 1 aromatic heterocycles. The maximum absolute atomic E-state index is 13.5. The molecule has 3 heterocycles. The zero-order valence-corrected chi connectivity index (χ0v) is 23.9. The number of alkyl halides is 3. The predicted octanol–water partition coefficient (Wildman–Crippen LogP) is 5.92. The van der Waals surface area contributed by atoms with E-state index in [-0.39, 0.29) is 41.5 Å². The number of nitrogens with zero attached hydrogens (tertiary/aromatic N) is 3. The van der Waals surface area contributed by atoms with Crippen LogP contribution in [0.4, 0.5) is 28.0 Å². The van der Waals surface area contributed by atoms with Crippen molar-refractivity contribution in [3.63, 3.8) is 0 Å². The lowest BCUT2D eigenvalue weighted by Gasteiger charge is -2.40. The van der Waals surface area contributed by atoms with Gasteiger partial charge in [-0.3, -0.25) is 0 Å². The van der Waals surface area contributed by atoms with E-state index in [0.29, 0.717) is 32.0 Å². The molecule has 0 saturated carbocycles. The van der Waals surface area contributed by atoms with Gasteiger partial charge in [-0.2, -0.15) is 17.5 Å². The molecular formula is C26H33F4N3O4S2. The number of rotatable bonds is 4. The van der Waals surface area contributed by atoms with Crippen molar-refractivity contribution in [1.29, 1.82) is 0 Å². The molecule has 0 radical (unpaired) electrons. The molecule has 1 atom stereocenters. The highest BCUT2D eigenvalue weighted by Gasteiger charge is 2.39. The number of benzene rings is 1. The van der Waals surface area contributed by atoms with Gasteiger partial charge in [-0.1, -0.05) is 0 Å². The Morgan fingerprint density at radius 1 is 1.03 bits per heavy atom. The zero-order valence-electron chi connectivity index (χ0n) is 22.3. The van der Waals surface area contributed by atoms with Gasteiger partial charge in [0.2, 0.25) is 0 Å². The molecule has 216 valence electrons. The lowest BCUT2D eigenvalue weighted by Crippen LogP contribution is -2.54. The Hall–Kier alpha value is -2.38. The Morgan fingerprint density at radius 2 is 1.69 bits per heavy atom. The number of anilines is 1. The normalized spacial score (nSPS) is 20.4. The van der Waals surface area contributed by atoms with Gasteiger partial charge in [-0.25, -0.2) is 17.6 Å². The summed E-state index contributed by atoms with van der Waals surface area (Å²) in [4.78, 5) is 16.4. The second-order valence-corrected chi connectivity index (χ2v) is 14.2. The van der Waals surface area contributed by atoms with Crippen LogP contribution in [0.15, 0.2) is 34.5 Å². The average molecular weight is 592 g/mol. The fourth-order valence-corrected chi connectivity index (χ4v) is 8.25. The van der Waals surface area contributed by atoms with Gasteiger partial charge in [-0.15, -0.1) is 11.3 Å². The average Bonchev–Trinajstić information content (AvgIpc) is 3.34. The minimum atomic E-state index is -4.74. The lowest BCUT2D eigenvalue weighted by atomic mass is 9.95. The van der Waals surface area contributed by atoms with Crippen LogP contribution in [0.3, 0.4) is 0 Å². The van der Waals surface area contributed by atoms with Crippen LogP contribution in [0.1, 0.15) is 56.9 Å². The number of ether oxygens (including phenoxy) is 1. The van der Waals surface area contributed by atoms with Crippen LogP contribution >= 0.6 is 11.3 Å². The van der Waals surface area contributed by atoms with Gasteiger partial charge in [0.1, 0.15) is 15.6 Å². The van der Waals surface area contributed by atoms with Gasteiger partial charge in [0.15, 0.2) is 0 Å². The van der Waals surface area contributed by atoms with Crippen molar-refractivity contribution < 1.29 is 35.5 Å². The monoisotopic (exact) mass is 591 g/mol. The summed E-state index contributed by atoms with van der Waals surface area (Å²) in [6.45, 7) is 8.21. The Kier molecular flexibility index (Phi) is 8.26. The number of hydrogen-bond donors (Lipinski definition) is 0. The topological polar surface area (TPSA) is 70.2 Å². The first kappa shape index (κ1) is 29.6. The molecule has 0 bridgehead atoms. The highest BCUT2D eigenvalue weighted by Crippen LogP contribution is 2.39. The molecule has 7 nitrogen and oxygen atoms in total. The Balaban J connectivity index is 1.42. The number of piperazine rings is 1. The molecule has 0 aliphatic carbocycles. The van der Waals surface area contributed by atoms with Crippen molar-refractivity contribution in [2.75, 3.05) is 37.6 Å². The fourth-order valence-electron chi connectivity index (χ4n) is 5.01. The van der Waals surface area contributed by atoms with E-state index < -0.39 is 39.2 Å². The van der Waals surface area contributed by atoms with E-state index >= 15 is 0 Å². The molecule has 39 heavy (non-hydrogen) atoms. The minimum absolute atomic E-state index is 0.000314. The van der Waals surface area contributed by atoms with Gasteiger partial charge >= 0.3 is 12.3 Å².